The molecule has 1 unspecified atom stereocenters. The third-order valence-electron chi connectivity index (χ3n) is 6.25. The molecule has 0 aromatic carbocycles. The molecule has 1 saturated carbocycles. The minimum Gasteiger partial charge on any atom is -0.347 e. The van der Waals surface area contributed by atoms with Gasteiger partial charge < -0.3 is 9.80 Å². The van der Waals surface area contributed by atoms with Crippen molar-refractivity contribution < 1.29 is 9.59 Å². The van der Waals surface area contributed by atoms with E-state index in [1.165, 1.54) is 45.2 Å². The van der Waals surface area contributed by atoms with E-state index in [-0.39, 0.29) is 18.4 Å². The van der Waals surface area contributed by atoms with Crippen LogP contribution in [0.5, 0.6) is 0 Å². The first kappa shape index (κ1) is 16.7. The van der Waals surface area contributed by atoms with Crippen LogP contribution in [0.25, 0.3) is 0 Å². The average Bonchev–Trinajstić information content (AvgIpc) is 3.11. The quantitative estimate of drug-likeness (QED) is 0.795. The summed E-state index contributed by atoms with van der Waals surface area (Å²) in [5.74, 6) is 0.167. The topological polar surface area (TPSA) is 43.9 Å². The first-order valence-corrected chi connectivity index (χ1v) is 9.21. The van der Waals surface area contributed by atoms with Crippen molar-refractivity contribution >= 4 is 11.8 Å². The van der Waals surface area contributed by atoms with E-state index in [2.05, 4.69) is 4.90 Å². The predicted octanol–water partition coefficient (Wildman–Crippen LogP) is 1.72. The van der Waals surface area contributed by atoms with Crippen LogP contribution in [0.3, 0.4) is 0 Å². The van der Waals surface area contributed by atoms with Crippen LogP contribution in [0.1, 0.15) is 51.4 Å². The molecular weight excluding hydrogens is 290 g/mol. The molecule has 0 N–H and O–H groups in total. The maximum atomic E-state index is 12.3. The molecule has 3 rings (SSSR count). The van der Waals surface area contributed by atoms with Crippen LogP contribution < -0.4 is 0 Å². The number of rotatable bonds is 3. The zero-order chi connectivity index (χ0) is 16.4. The van der Waals surface area contributed by atoms with Gasteiger partial charge in [-0.15, -0.1) is 0 Å². The van der Waals surface area contributed by atoms with Crippen LogP contribution in [0.2, 0.25) is 0 Å². The molecule has 3 fully saturated rings. The molecule has 0 aromatic rings. The lowest BCUT2D eigenvalue weighted by molar-refractivity contribution is -0.138. The fraction of sp³-hybridized carbons (Fsp3) is 0.889. The Bertz CT molecular complexity index is 457. The van der Waals surface area contributed by atoms with Gasteiger partial charge in [-0.3, -0.25) is 14.5 Å². The summed E-state index contributed by atoms with van der Waals surface area (Å²) >= 11 is 0. The van der Waals surface area contributed by atoms with E-state index in [9.17, 15) is 9.59 Å². The predicted molar refractivity (Wildman–Crippen MR) is 90.0 cm³/mol. The van der Waals surface area contributed by atoms with Gasteiger partial charge in [0.05, 0.1) is 6.54 Å². The summed E-state index contributed by atoms with van der Waals surface area (Å²) in [7, 11) is 3.50. The van der Waals surface area contributed by atoms with Gasteiger partial charge in [-0.25, -0.2) is 0 Å². The minimum absolute atomic E-state index is 0.0166. The maximum absolute atomic E-state index is 12.3. The number of likely N-dealkylation sites (tertiary alicyclic amines) is 2. The van der Waals surface area contributed by atoms with Crippen LogP contribution in [0.4, 0.5) is 0 Å². The Kier molecular flexibility index (Phi) is 4.95. The Morgan fingerprint density at radius 2 is 1.91 bits per heavy atom. The van der Waals surface area contributed by atoms with E-state index in [1.807, 2.05) is 0 Å². The highest BCUT2D eigenvalue weighted by atomic mass is 16.2. The molecule has 2 aliphatic heterocycles. The van der Waals surface area contributed by atoms with Gasteiger partial charge in [-0.05, 0) is 44.1 Å². The molecule has 0 bridgehead atoms. The molecule has 2 amide bonds. The summed E-state index contributed by atoms with van der Waals surface area (Å²) in [5.41, 5.74) is 0.594. The fourth-order valence-corrected chi connectivity index (χ4v) is 4.67. The second-order valence-corrected chi connectivity index (χ2v) is 8.01. The second-order valence-electron chi connectivity index (χ2n) is 8.01. The van der Waals surface area contributed by atoms with Gasteiger partial charge in [0.25, 0.3) is 0 Å². The van der Waals surface area contributed by atoms with Gasteiger partial charge in [0.1, 0.15) is 0 Å². The summed E-state index contributed by atoms with van der Waals surface area (Å²) in [6, 6.07) is 0.526. The Hall–Kier alpha value is -1.10. The van der Waals surface area contributed by atoms with Gasteiger partial charge in [-0.2, -0.15) is 0 Å². The Labute approximate surface area is 140 Å². The van der Waals surface area contributed by atoms with Crippen molar-refractivity contribution in [2.24, 2.45) is 5.41 Å². The highest BCUT2D eigenvalue weighted by molar-refractivity contribution is 5.84. The number of carbonyl (C=O) groups excluding carboxylic acids is 2. The van der Waals surface area contributed by atoms with E-state index < -0.39 is 0 Å². The first-order valence-electron chi connectivity index (χ1n) is 9.21. The number of hydrogen-bond acceptors (Lipinski definition) is 3. The first-order chi connectivity index (χ1) is 11.0. The van der Waals surface area contributed by atoms with E-state index in [0.717, 1.165) is 19.4 Å². The molecule has 130 valence electrons. The summed E-state index contributed by atoms with van der Waals surface area (Å²) in [4.78, 5) is 30.2. The van der Waals surface area contributed by atoms with Crippen LogP contribution in [0.15, 0.2) is 0 Å². The zero-order valence-corrected chi connectivity index (χ0v) is 14.7. The third kappa shape index (κ3) is 3.70. The number of amides is 2. The van der Waals surface area contributed by atoms with Crippen molar-refractivity contribution in [2.45, 2.75) is 57.4 Å². The van der Waals surface area contributed by atoms with Crippen molar-refractivity contribution in [1.29, 1.82) is 0 Å². The molecule has 5 heteroatoms. The molecule has 5 nitrogen and oxygen atoms in total. The van der Waals surface area contributed by atoms with Crippen molar-refractivity contribution in [1.82, 2.24) is 14.7 Å². The van der Waals surface area contributed by atoms with Crippen molar-refractivity contribution in [3.63, 3.8) is 0 Å². The van der Waals surface area contributed by atoms with Crippen LogP contribution >= 0.6 is 0 Å². The van der Waals surface area contributed by atoms with Gasteiger partial charge in [0, 0.05) is 39.6 Å². The summed E-state index contributed by atoms with van der Waals surface area (Å²) in [5, 5.41) is 0. The molecule has 2 saturated heterocycles. The highest BCUT2D eigenvalue weighted by Crippen LogP contribution is 2.46. The molecule has 1 spiro atoms. The van der Waals surface area contributed by atoms with Crippen LogP contribution in [0, 0.1) is 5.41 Å². The monoisotopic (exact) mass is 321 g/mol. The maximum Gasteiger partial charge on any atom is 0.241 e. The van der Waals surface area contributed by atoms with Gasteiger partial charge in [0.2, 0.25) is 11.8 Å². The summed E-state index contributed by atoms with van der Waals surface area (Å²) in [6.07, 6.45) is 9.52. The number of hydrogen-bond donors (Lipinski definition) is 0. The number of nitrogens with zero attached hydrogens (tertiary/aromatic N) is 3. The summed E-state index contributed by atoms with van der Waals surface area (Å²) in [6.45, 7) is 3.41. The molecule has 23 heavy (non-hydrogen) atoms. The molecule has 0 aromatic heterocycles. The second kappa shape index (κ2) is 6.80. The van der Waals surface area contributed by atoms with Gasteiger partial charge >= 0.3 is 0 Å². The van der Waals surface area contributed by atoms with Crippen molar-refractivity contribution in [3.8, 4) is 0 Å². The SMILES string of the molecule is CN(C)C(=O)CN1CCC(N2CCC3(CCCC3)C2)CCC1=O. The third-order valence-corrected chi connectivity index (χ3v) is 6.25. The lowest BCUT2D eigenvalue weighted by Gasteiger charge is -2.29. The molecule has 3 aliphatic rings. The number of carbonyl (C=O) groups is 2. The molecule has 1 atom stereocenters. The van der Waals surface area contributed by atoms with E-state index in [4.69, 9.17) is 0 Å². The Morgan fingerprint density at radius 3 is 2.61 bits per heavy atom. The van der Waals surface area contributed by atoms with Crippen molar-refractivity contribution in [3.05, 3.63) is 0 Å². The lowest BCUT2D eigenvalue weighted by Crippen LogP contribution is -2.40. The lowest BCUT2D eigenvalue weighted by atomic mass is 9.85. The average molecular weight is 321 g/mol. The van der Waals surface area contributed by atoms with Crippen molar-refractivity contribution in [2.75, 3.05) is 40.3 Å². The van der Waals surface area contributed by atoms with E-state index >= 15 is 0 Å². The smallest absolute Gasteiger partial charge is 0.241 e. The molecule has 2 heterocycles. The normalized spacial score (nSPS) is 28.3. The van der Waals surface area contributed by atoms with E-state index in [1.54, 1.807) is 23.9 Å². The fourth-order valence-electron chi connectivity index (χ4n) is 4.67. The van der Waals surface area contributed by atoms with Gasteiger partial charge in [-0.1, -0.05) is 12.8 Å². The molecule has 0 radical (unpaired) electrons. The number of likely N-dealkylation sites (N-methyl/N-ethyl adjacent to an activating group) is 1. The summed E-state index contributed by atoms with van der Waals surface area (Å²) < 4.78 is 0. The van der Waals surface area contributed by atoms with Crippen LogP contribution in [-0.2, 0) is 9.59 Å². The minimum atomic E-state index is 0.0166. The highest BCUT2D eigenvalue weighted by Gasteiger charge is 2.42. The largest absolute Gasteiger partial charge is 0.347 e. The molecular formula is C18H31N3O2. The Morgan fingerprint density at radius 1 is 1.17 bits per heavy atom. The Balaban J connectivity index is 1.56. The van der Waals surface area contributed by atoms with Gasteiger partial charge in [0.15, 0.2) is 0 Å². The van der Waals surface area contributed by atoms with Crippen LogP contribution in [-0.4, -0.2) is 72.8 Å². The molecule has 1 aliphatic carbocycles. The standard InChI is InChI=1S/C18H31N3O2/c1-19(2)17(23)13-20-11-7-15(5-6-16(20)22)21-12-10-18(14-21)8-3-4-9-18/h15H,3-14H2,1-2H3. The van der Waals surface area contributed by atoms with E-state index in [0.29, 0.717) is 17.9 Å². The zero-order valence-electron chi connectivity index (χ0n) is 14.7.